The Morgan fingerprint density at radius 1 is 1.18 bits per heavy atom. The van der Waals surface area contributed by atoms with E-state index < -0.39 is 18.0 Å². The summed E-state index contributed by atoms with van der Waals surface area (Å²) in [6, 6.07) is 6.41. The molecule has 2 N–H and O–H groups in total. The van der Waals surface area contributed by atoms with Crippen molar-refractivity contribution >= 4 is 23.5 Å². The lowest BCUT2D eigenvalue weighted by atomic mass is 9.96. The fourth-order valence-corrected chi connectivity index (χ4v) is 2.58. The molecule has 1 aromatic carbocycles. The van der Waals surface area contributed by atoms with E-state index in [1.54, 1.807) is 31.2 Å². The van der Waals surface area contributed by atoms with Gasteiger partial charge in [0.1, 0.15) is 5.75 Å². The second kappa shape index (κ2) is 8.03. The van der Waals surface area contributed by atoms with Crippen LogP contribution in [0.2, 0.25) is 5.02 Å². The first-order chi connectivity index (χ1) is 10.5. The molecule has 1 aliphatic rings. The van der Waals surface area contributed by atoms with E-state index in [1.165, 1.54) is 6.42 Å². The summed E-state index contributed by atoms with van der Waals surface area (Å²) >= 11 is 5.78. The van der Waals surface area contributed by atoms with Crippen LogP contribution in [0, 0.1) is 0 Å². The zero-order valence-corrected chi connectivity index (χ0v) is 13.4. The molecule has 1 fully saturated rings. The van der Waals surface area contributed by atoms with Crippen molar-refractivity contribution in [2.45, 2.75) is 51.2 Å². The first kappa shape index (κ1) is 16.6. The van der Waals surface area contributed by atoms with E-state index in [1.807, 2.05) is 0 Å². The fraction of sp³-hybridized carbons (Fsp3) is 0.500. The van der Waals surface area contributed by atoms with E-state index >= 15 is 0 Å². The topological polar surface area (TPSA) is 67.4 Å². The smallest absolute Gasteiger partial charge is 0.321 e. The Bertz CT molecular complexity index is 513. The molecule has 120 valence electrons. The number of rotatable bonds is 4. The summed E-state index contributed by atoms with van der Waals surface area (Å²) in [6.07, 6.45) is 4.63. The van der Waals surface area contributed by atoms with E-state index in [9.17, 15) is 9.59 Å². The largest absolute Gasteiger partial charge is 0.481 e. The number of ether oxygens (including phenoxy) is 1. The zero-order valence-electron chi connectivity index (χ0n) is 12.6. The lowest BCUT2D eigenvalue weighted by molar-refractivity contribution is -0.126. The third kappa shape index (κ3) is 5.22. The van der Waals surface area contributed by atoms with Crippen molar-refractivity contribution < 1.29 is 14.3 Å². The molecule has 3 amide bonds. The molecule has 0 spiro atoms. The van der Waals surface area contributed by atoms with Crippen LogP contribution < -0.4 is 15.4 Å². The number of urea groups is 1. The van der Waals surface area contributed by atoms with E-state index in [4.69, 9.17) is 16.3 Å². The molecular formula is C16H21ClN2O3. The standard InChI is InChI=1S/C16H21ClN2O3/c1-11(22-14-9-7-12(17)8-10-14)15(20)19-16(21)18-13-5-3-2-4-6-13/h7-11,13H,2-6H2,1H3,(H2,18,19,20,21)/t11-/m0/s1. The van der Waals surface area contributed by atoms with Gasteiger partial charge in [-0.05, 0) is 44.0 Å². The molecule has 0 aromatic heterocycles. The maximum absolute atomic E-state index is 11.9. The van der Waals surface area contributed by atoms with Gasteiger partial charge in [0.2, 0.25) is 0 Å². The lowest BCUT2D eigenvalue weighted by Crippen LogP contribution is -2.48. The normalized spacial score (nSPS) is 16.6. The van der Waals surface area contributed by atoms with Crippen molar-refractivity contribution in [2.24, 2.45) is 0 Å². The molecule has 6 heteroatoms. The van der Waals surface area contributed by atoms with Crippen molar-refractivity contribution in [3.05, 3.63) is 29.3 Å². The highest BCUT2D eigenvalue weighted by Gasteiger charge is 2.20. The van der Waals surface area contributed by atoms with Gasteiger partial charge in [-0.25, -0.2) is 4.79 Å². The number of benzene rings is 1. The average Bonchev–Trinajstić information content (AvgIpc) is 2.50. The second-order valence-electron chi connectivity index (χ2n) is 5.51. The van der Waals surface area contributed by atoms with Crippen molar-refractivity contribution in [3.63, 3.8) is 0 Å². The molecule has 0 unspecified atom stereocenters. The van der Waals surface area contributed by atoms with Gasteiger partial charge < -0.3 is 10.1 Å². The third-order valence-electron chi connectivity index (χ3n) is 3.67. The molecular weight excluding hydrogens is 304 g/mol. The van der Waals surface area contributed by atoms with Gasteiger partial charge in [0, 0.05) is 11.1 Å². The highest BCUT2D eigenvalue weighted by Crippen LogP contribution is 2.18. The summed E-state index contributed by atoms with van der Waals surface area (Å²) in [5.74, 6) is 0.0583. The Morgan fingerprint density at radius 3 is 2.45 bits per heavy atom. The maximum atomic E-state index is 11.9. The molecule has 1 aromatic rings. The zero-order chi connectivity index (χ0) is 15.9. The van der Waals surface area contributed by atoms with E-state index in [0.29, 0.717) is 10.8 Å². The van der Waals surface area contributed by atoms with Gasteiger partial charge in [0.15, 0.2) is 6.10 Å². The first-order valence-corrected chi connectivity index (χ1v) is 7.96. The summed E-state index contributed by atoms with van der Waals surface area (Å²) in [7, 11) is 0. The molecule has 0 radical (unpaired) electrons. The quantitative estimate of drug-likeness (QED) is 0.893. The number of carbonyl (C=O) groups excluding carboxylic acids is 2. The van der Waals surface area contributed by atoms with Crippen molar-refractivity contribution in [2.75, 3.05) is 0 Å². The number of hydrogen-bond acceptors (Lipinski definition) is 3. The highest BCUT2D eigenvalue weighted by molar-refractivity contribution is 6.30. The molecule has 0 saturated heterocycles. The van der Waals surface area contributed by atoms with Crippen molar-refractivity contribution in [1.29, 1.82) is 0 Å². The molecule has 0 bridgehead atoms. The van der Waals surface area contributed by atoms with Gasteiger partial charge in [-0.1, -0.05) is 30.9 Å². The Kier molecular flexibility index (Phi) is 6.07. The third-order valence-corrected chi connectivity index (χ3v) is 3.92. The Balaban J connectivity index is 1.77. The first-order valence-electron chi connectivity index (χ1n) is 7.58. The summed E-state index contributed by atoms with van der Waals surface area (Å²) in [4.78, 5) is 23.8. The minimum absolute atomic E-state index is 0.161. The summed E-state index contributed by atoms with van der Waals surface area (Å²) < 4.78 is 5.47. The maximum Gasteiger partial charge on any atom is 0.321 e. The van der Waals surface area contributed by atoms with Crippen LogP contribution in [0.4, 0.5) is 4.79 Å². The molecule has 1 saturated carbocycles. The van der Waals surface area contributed by atoms with Crippen LogP contribution in [0.3, 0.4) is 0 Å². The Morgan fingerprint density at radius 2 is 1.82 bits per heavy atom. The molecule has 0 heterocycles. The second-order valence-corrected chi connectivity index (χ2v) is 5.95. The SMILES string of the molecule is C[C@H](Oc1ccc(Cl)cc1)C(=O)NC(=O)NC1CCCCC1. The van der Waals surface area contributed by atoms with E-state index in [0.717, 1.165) is 25.7 Å². The number of hydrogen-bond donors (Lipinski definition) is 2. The van der Waals surface area contributed by atoms with Crippen molar-refractivity contribution in [3.8, 4) is 5.75 Å². The van der Waals surface area contributed by atoms with Crippen molar-refractivity contribution in [1.82, 2.24) is 10.6 Å². The van der Waals surface area contributed by atoms with Gasteiger partial charge in [0.25, 0.3) is 5.91 Å². The van der Waals surface area contributed by atoms with Crippen LogP contribution in [0.15, 0.2) is 24.3 Å². The minimum Gasteiger partial charge on any atom is -0.481 e. The Labute approximate surface area is 135 Å². The average molecular weight is 325 g/mol. The number of halogens is 1. The summed E-state index contributed by atoms with van der Waals surface area (Å²) in [6.45, 7) is 1.60. The van der Waals surface area contributed by atoms with Crippen LogP contribution in [-0.4, -0.2) is 24.1 Å². The predicted octanol–water partition coefficient (Wildman–Crippen LogP) is 3.27. The van der Waals surface area contributed by atoms with Gasteiger partial charge in [-0.15, -0.1) is 0 Å². The number of imide groups is 1. The number of nitrogens with one attached hydrogen (secondary N) is 2. The molecule has 2 rings (SSSR count). The molecule has 1 atom stereocenters. The number of carbonyl (C=O) groups is 2. The highest BCUT2D eigenvalue weighted by atomic mass is 35.5. The molecule has 0 aliphatic heterocycles. The van der Waals surface area contributed by atoms with E-state index in [-0.39, 0.29) is 6.04 Å². The van der Waals surface area contributed by atoms with Crippen LogP contribution in [0.1, 0.15) is 39.0 Å². The summed E-state index contributed by atoms with van der Waals surface area (Å²) in [5, 5.41) is 5.74. The lowest BCUT2D eigenvalue weighted by Gasteiger charge is -2.23. The van der Waals surface area contributed by atoms with Gasteiger partial charge in [-0.2, -0.15) is 0 Å². The molecule has 22 heavy (non-hydrogen) atoms. The van der Waals surface area contributed by atoms with Crippen LogP contribution in [0.25, 0.3) is 0 Å². The van der Waals surface area contributed by atoms with Gasteiger partial charge >= 0.3 is 6.03 Å². The Hall–Kier alpha value is -1.75. The van der Waals surface area contributed by atoms with Gasteiger partial charge in [0.05, 0.1) is 0 Å². The van der Waals surface area contributed by atoms with Crippen LogP contribution >= 0.6 is 11.6 Å². The monoisotopic (exact) mass is 324 g/mol. The van der Waals surface area contributed by atoms with Crippen LogP contribution in [-0.2, 0) is 4.79 Å². The summed E-state index contributed by atoms with van der Waals surface area (Å²) in [5.41, 5.74) is 0. The van der Waals surface area contributed by atoms with Crippen LogP contribution in [0.5, 0.6) is 5.75 Å². The molecule has 1 aliphatic carbocycles. The predicted molar refractivity (Wildman–Crippen MR) is 85.1 cm³/mol. The number of amides is 3. The van der Waals surface area contributed by atoms with E-state index in [2.05, 4.69) is 10.6 Å². The minimum atomic E-state index is -0.765. The molecule has 5 nitrogen and oxygen atoms in total. The fourth-order valence-electron chi connectivity index (χ4n) is 2.45. The van der Waals surface area contributed by atoms with Gasteiger partial charge in [-0.3, -0.25) is 10.1 Å².